The average Bonchev–Trinajstić information content (AvgIpc) is 3.26. The Kier molecular flexibility index (Phi) is 5.90. The summed E-state index contributed by atoms with van der Waals surface area (Å²) in [7, 11) is 0. The number of nitrogens with zero attached hydrogens (tertiary/aromatic N) is 4. The number of benzene rings is 2. The molecular formula is C27H22N4O4S. The van der Waals surface area contributed by atoms with E-state index in [1.165, 1.54) is 29.8 Å². The molecule has 9 heteroatoms. The lowest BCUT2D eigenvalue weighted by molar-refractivity contribution is -0.129. The van der Waals surface area contributed by atoms with Crippen molar-refractivity contribution in [3.8, 4) is 11.8 Å². The van der Waals surface area contributed by atoms with Gasteiger partial charge < -0.3 is 4.90 Å². The summed E-state index contributed by atoms with van der Waals surface area (Å²) in [5, 5.41) is 10.0. The molecule has 1 aliphatic heterocycles. The van der Waals surface area contributed by atoms with Gasteiger partial charge in [0.05, 0.1) is 35.8 Å². The summed E-state index contributed by atoms with van der Waals surface area (Å²) in [6.45, 7) is 3.91. The molecule has 1 amide bonds. The van der Waals surface area contributed by atoms with Gasteiger partial charge in [-0.3, -0.25) is 19.0 Å². The SMILES string of the molecule is CC(=O)c1cccc(-n2c(=O)c3c4c(sc3n(Cc3ccccc3C#N)c2=O)CN(C(C)=O)CC4)c1. The van der Waals surface area contributed by atoms with Gasteiger partial charge in [0, 0.05) is 23.9 Å². The highest BCUT2D eigenvalue weighted by molar-refractivity contribution is 7.18. The number of aromatic nitrogens is 2. The first-order chi connectivity index (χ1) is 17.3. The van der Waals surface area contributed by atoms with Crippen LogP contribution in [0.2, 0.25) is 0 Å². The molecule has 2 aromatic heterocycles. The molecule has 0 saturated heterocycles. The Labute approximate surface area is 210 Å². The topological polar surface area (TPSA) is 105 Å². The average molecular weight is 499 g/mol. The highest BCUT2D eigenvalue weighted by atomic mass is 32.1. The van der Waals surface area contributed by atoms with Gasteiger partial charge in [0.2, 0.25) is 5.91 Å². The van der Waals surface area contributed by atoms with Crippen molar-refractivity contribution < 1.29 is 9.59 Å². The number of ketones is 1. The number of nitriles is 1. The number of thiophene rings is 1. The lowest BCUT2D eigenvalue weighted by Gasteiger charge is -2.25. The van der Waals surface area contributed by atoms with Crippen LogP contribution in [0.25, 0.3) is 15.9 Å². The molecule has 2 aromatic carbocycles. The first kappa shape index (κ1) is 23.5. The number of Topliss-reactive ketones (excluding diaryl/α,β-unsaturated/α-hetero) is 1. The fourth-order valence-electron chi connectivity index (χ4n) is 4.64. The lowest BCUT2D eigenvalue weighted by atomic mass is 10.0. The maximum Gasteiger partial charge on any atom is 0.337 e. The van der Waals surface area contributed by atoms with E-state index in [2.05, 4.69) is 6.07 Å². The third-order valence-electron chi connectivity index (χ3n) is 6.55. The number of rotatable bonds is 4. The Morgan fingerprint density at radius 3 is 2.58 bits per heavy atom. The standard InChI is InChI=1S/C27H22N4O4S/c1-16(32)18-8-5-9-21(12-18)31-25(34)24-22-10-11-29(17(2)33)15-23(22)36-26(24)30(27(31)35)14-20-7-4-3-6-19(20)13-28/h3-9,12H,10-11,14-15H2,1-2H3. The van der Waals surface area contributed by atoms with Crippen molar-refractivity contribution in [2.75, 3.05) is 6.54 Å². The zero-order valence-corrected chi connectivity index (χ0v) is 20.6. The van der Waals surface area contributed by atoms with Crippen LogP contribution >= 0.6 is 11.3 Å². The summed E-state index contributed by atoms with van der Waals surface area (Å²) in [5.41, 5.74) is 1.64. The summed E-state index contributed by atoms with van der Waals surface area (Å²) >= 11 is 1.34. The Morgan fingerprint density at radius 1 is 1.08 bits per heavy atom. The monoisotopic (exact) mass is 498 g/mol. The van der Waals surface area contributed by atoms with Gasteiger partial charge in [0.1, 0.15) is 4.83 Å². The van der Waals surface area contributed by atoms with E-state index in [9.17, 15) is 24.4 Å². The minimum Gasteiger partial charge on any atom is -0.337 e. The first-order valence-electron chi connectivity index (χ1n) is 11.4. The summed E-state index contributed by atoms with van der Waals surface area (Å²) in [6.07, 6.45) is 0.505. The summed E-state index contributed by atoms with van der Waals surface area (Å²) < 4.78 is 2.63. The zero-order valence-electron chi connectivity index (χ0n) is 19.8. The molecule has 0 aliphatic carbocycles. The fourth-order valence-corrected chi connectivity index (χ4v) is 5.99. The minimum absolute atomic E-state index is 0.0445. The van der Waals surface area contributed by atoms with Crippen LogP contribution < -0.4 is 11.2 Å². The van der Waals surface area contributed by atoms with Gasteiger partial charge in [0.25, 0.3) is 5.56 Å². The Bertz CT molecular complexity index is 1720. The van der Waals surface area contributed by atoms with E-state index in [4.69, 9.17) is 0 Å². The minimum atomic E-state index is -0.553. The molecule has 0 bridgehead atoms. The Balaban J connectivity index is 1.82. The second-order valence-electron chi connectivity index (χ2n) is 8.76. The van der Waals surface area contributed by atoms with Gasteiger partial charge in [-0.15, -0.1) is 11.3 Å². The van der Waals surface area contributed by atoms with Crippen molar-refractivity contribution in [3.63, 3.8) is 0 Å². The largest absolute Gasteiger partial charge is 0.337 e. The highest BCUT2D eigenvalue weighted by Gasteiger charge is 2.28. The number of carbonyl (C=O) groups excluding carboxylic acids is 2. The predicted molar refractivity (Wildman–Crippen MR) is 137 cm³/mol. The van der Waals surface area contributed by atoms with Gasteiger partial charge >= 0.3 is 5.69 Å². The maximum absolute atomic E-state index is 13.9. The molecule has 0 radical (unpaired) electrons. The van der Waals surface area contributed by atoms with Crippen LogP contribution in [-0.2, 0) is 24.3 Å². The van der Waals surface area contributed by atoms with Crippen molar-refractivity contribution >= 4 is 33.2 Å². The fraction of sp³-hybridized carbons (Fsp3) is 0.222. The number of hydrogen-bond acceptors (Lipinski definition) is 6. The molecule has 8 nitrogen and oxygen atoms in total. The second-order valence-corrected chi connectivity index (χ2v) is 9.84. The van der Waals surface area contributed by atoms with Gasteiger partial charge in [-0.1, -0.05) is 30.3 Å². The number of carbonyl (C=O) groups is 2. The summed E-state index contributed by atoms with van der Waals surface area (Å²) in [5.74, 6) is -0.219. The van der Waals surface area contributed by atoms with Crippen LogP contribution in [0.1, 0.15) is 45.8 Å². The first-order valence-corrected chi connectivity index (χ1v) is 12.3. The Hall–Kier alpha value is -4.29. The van der Waals surface area contributed by atoms with E-state index < -0.39 is 11.2 Å². The molecule has 180 valence electrons. The van der Waals surface area contributed by atoms with Gasteiger partial charge in [-0.05, 0) is 42.7 Å². The highest BCUT2D eigenvalue weighted by Crippen LogP contribution is 2.33. The van der Waals surface area contributed by atoms with Crippen LogP contribution in [-0.4, -0.2) is 32.3 Å². The van der Waals surface area contributed by atoms with Crippen LogP contribution in [0.4, 0.5) is 0 Å². The van der Waals surface area contributed by atoms with Crippen LogP contribution in [0, 0.1) is 11.3 Å². The summed E-state index contributed by atoms with van der Waals surface area (Å²) in [4.78, 5) is 54.8. The Morgan fingerprint density at radius 2 is 1.86 bits per heavy atom. The lowest BCUT2D eigenvalue weighted by Crippen LogP contribution is -2.39. The van der Waals surface area contributed by atoms with Crippen molar-refractivity contribution in [2.24, 2.45) is 0 Å². The zero-order chi connectivity index (χ0) is 25.6. The van der Waals surface area contributed by atoms with E-state index in [1.54, 1.807) is 53.4 Å². The van der Waals surface area contributed by atoms with Gasteiger partial charge in [-0.2, -0.15) is 5.26 Å². The van der Waals surface area contributed by atoms with Gasteiger partial charge in [0.15, 0.2) is 5.78 Å². The molecule has 4 aromatic rings. The molecule has 0 fully saturated rings. The molecule has 1 aliphatic rings. The van der Waals surface area contributed by atoms with E-state index in [0.717, 1.165) is 15.0 Å². The van der Waals surface area contributed by atoms with E-state index in [0.29, 0.717) is 52.1 Å². The molecule has 36 heavy (non-hydrogen) atoms. The van der Waals surface area contributed by atoms with E-state index in [1.807, 2.05) is 0 Å². The molecular weight excluding hydrogens is 476 g/mol. The van der Waals surface area contributed by atoms with Gasteiger partial charge in [-0.25, -0.2) is 9.36 Å². The van der Waals surface area contributed by atoms with Crippen LogP contribution in [0.15, 0.2) is 58.1 Å². The second kappa shape index (κ2) is 9.06. The molecule has 0 spiro atoms. The van der Waals surface area contributed by atoms with Crippen molar-refractivity contribution in [1.82, 2.24) is 14.0 Å². The van der Waals surface area contributed by atoms with Crippen molar-refractivity contribution in [1.29, 1.82) is 5.26 Å². The molecule has 0 atom stereocenters. The summed E-state index contributed by atoms with van der Waals surface area (Å²) in [6, 6.07) is 15.7. The third kappa shape index (κ3) is 3.85. The van der Waals surface area contributed by atoms with Crippen molar-refractivity contribution in [2.45, 2.75) is 33.4 Å². The number of amides is 1. The predicted octanol–water partition coefficient (Wildman–Crippen LogP) is 3.24. The quantitative estimate of drug-likeness (QED) is 0.402. The normalized spacial score (nSPS) is 12.9. The van der Waals surface area contributed by atoms with E-state index in [-0.39, 0.29) is 18.2 Å². The molecule has 5 rings (SSSR count). The number of hydrogen-bond donors (Lipinski definition) is 0. The van der Waals surface area contributed by atoms with E-state index >= 15 is 0 Å². The molecule has 0 N–H and O–H groups in total. The number of fused-ring (bicyclic) bond motifs is 3. The molecule has 0 unspecified atom stereocenters. The molecule has 0 saturated carbocycles. The van der Waals surface area contributed by atoms with Crippen LogP contribution in [0.5, 0.6) is 0 Å². The third-order valence-corrected chi connectivity index (χ3v) is 7.78. The molecule has 3 heterocycles. The maximum atomic E-state index is 13.9. The van der Waals surface area contributed by atoms with Crippen molar-refractivity contribution in [3.05, 3.63) is 96.5 Å². The van der Waals surface area contributed by atoms with Crippen LogP contribution in [0.3, 0.4) is 0 Å². The smallest absolute Gasteiger partial charge is 0.337 e.